The summed E-state index contributed by atoms with van der Waals surface area (Å²) in [7, 11) is 0. The number of unbranched alkanes of at least 4 members (excludes halogenated alkanes) is 9. The van der Waals surface area contributed by atoms with E-state index in [1.165, 1.54) is 12.8 Å². The Morgan fingerprint density at radius 2 is 1.17 bits per heavy atom. The van der Waals surface area contributed by atoms with Gasteiger partial charge >= 0.3 is 0 Å². The highest BCUT2D eigenvalue weighted by Gasteiger charge is 2.44. The predicted octanol–water partition coefficient (Wildman–Crippen LogP) is -1.22. The smallest absolute Gasteiger partial charge is 0.186 e. The maximum atomic E-state index is 10.1. The van der Waals surface area contributed by atoms with E-state index in [4.69, 9.17) is 14.2 Å². The van der Waals surface area contributed by atoms with Gasteiger partial charge in [0.25, 0.3) is 0 Å². The number of nitrogens with one attached hydrogen (secondary N) is 1. The summed E-state index contributed by atoms with van der Waals surface area (Å²) in [5.74, 6) is 0. The number of aliphatic hydroxyl groups is 7. The molecule has 0 aromatic carbocycles. The molecular formula is C24H47NO10. The van der Waals surface area contributed by atoms with Gasteiger partial charge in [-0.25, -0.2) is 0 Å². The molecule has 11 nitrogen and oxygen atoms in total. The van der Waals surface area contributed by atoms with Gasteiger partial charge in [0.05, 0.1) is 25.4 Å². The summed E-state index contributed by atoms with van der Waals surface area (Å²) in [6.45, 7) is 0.521. The molecule has 11 heteroatoms. The van der Waals surface area contributed by atoms with Crippen molar-refractivity contribution in [3.05, 3.63) is 0 Å². The Hall–Kier alpha value is -0.440. The van der Waals surface area contributed by atoms with Gasteiger partial charge in [0.15, 0.2) is 6.29 Å². The van der Waals surface area contributed by atoms with Gasteiger partial charge in [-0.1, -0.05) is 51.4 Å². The van der Waals surface area contributed by atoms with Crippen LogP contribution in [0.15, 0.2) is 0 Å². The molecular weight excluding hydrogens is 462 g/mol. The molecule has 0 spiro atoms. The maximum Gasteiger partial charge on any atom is 0.186 e. The quantitative estimate of drug-likeness (QED) is 0.110. The predicted molar refractivity (Wildman–Crippen MR) is 127 cm³/mol. The van der Waals surface area contributed by atoms with Gasteiger partial charge in [0.1, 0.15) is 36.6 Å². The van der Waals surface area contributed by atoms with Crippen LogP contribution in [0.1, 0.15) is 64.2 Å². The molecule has 2 aliphatic heterocycles. The average molecular weight is 510 g/mol. The molecule has 2 saturated heterocycles. The van der Waals surface area contributed by atoms with E-state index in [1.54, 1.807) is 0 Å². The summed E-state index contributed by atoms with van der Waals surface area (Å²) in [5, 5.41) is 70.8. The molecule has 208 valence electrons. The summed E-state index contributed by atoms with van der Waals surface area (Å²) in [4.78, 5) is 0. The molecule has 0 amide bonds. The van der Waals surface area contributed by atoms with E-state index in [0.717, 1.165) is 51.4 Å². The van der Waals surface area contributed by atoms with Crippen LogP contribution in [0.5, 0.6) is 0 Å². The molecule has 2 fully saturated rings. The third-order valence-corrected chi connectivity index (χ3v) is 6.89. The summed E-state index contributed by atoms with van der Waals surface area (Å²) < 4.78 is 16.5. The molecule has 2 heterocycles. The minimum Gasteiger partial charge on any atom is -0.395 e. The van der Waals surface area contributed by atoms with Crippen molar-refractivity contribution in [2.75, 3.05) is 33.0 Å². The van der Waals surface area contributed by atoms with Crippen molar-refractivity contribution in [3.63, 3.8) is 0 Å². The fourth-order valence-electron chi connectivity index (χ4n) is 4.59. The Balaban J connectivity index is 1.39. The zero-order valence-corrected chi connectivity index (χ0v) is 20.7. The van der Waals surface area contributed by atoms with Gasteiger partial charge < -0.3 is 55.3 Å². The lowest BCUT2D eigenvalue weighted by Gasteiger charge is -2.39. The standard InChI is InChI=1S/C24H47NO10/c26-14-16-23(19(29)17(28)13-25-16)33-11-9-7-5-3-1-2-4-6-8-10-12-34-24-22(32)21(31)20(30)18(15-27)35-24/h16-32H,1-15H2/t16-,17+,18-,19-,20-,21+,22-,23-,24+/m1/s1. The molecule has 0 aromatic rings. The van der Waals surface area contributed by atoms with Crippen molar-refractivity contribution in [3.8, 4) is 0 Å². The Kier molecular flexibility index (Phi) is 15.1. The fraction of sp³-hybridized carbons (Fsp3) is 1.00. The van der Waals surface area contributed by atoms with Crippen LogP contribution in [-0.4, -0.2) is 124 Å². The molecule has 0 saturated carbocycles. The number of rotatable bonds is 17. The topological polar surface area (TPSA) is 181 Å². The van der Waals surface area contributed by atoms with Crippen molar-refractivity contribution in [1.82, 2.24) is 5.32 Å². The number of hydrogen-bond acceptors (Lipinski definition) is 11. The highest BCUT2D eigenvalue weighted by Crippen LogP contribution is 2.22. The lowest BCUT2D eigenvalue weighted by Crippen LogP contribution is -2.61. The molecule has 35 heavy (non-hydrogen) atoms. The fourth-order valence-corrected chi connectivity index (χ4v) is 4.59. The third kappa shape index (κ3) is 10.1. The van der Waals surface area contributed by atoms with Crippen LogP contribution in [0.2, 0.25) is 0 Å². The first-order valence-corrected chi connectivity index (χ1v) is 13.1. The van der Waals surface area contributed by atoms with Crippen molar-refractivity contribution < 1.29 is 50.0 Å². The molecule has 0 unspecified atom stereocenters. The van der Waals surface area contributed by atoms with Crippen LogP contribution in [0.4, 0.5) is 0 Å². The van der Waals surface area contributed by atoms with Crippen LogP contribution >= 0.6 is 0 Å². The van der Waals surface area contributed by atoms with Crippen molar-refractivity contribution >= 4 is 0 Å². The molecule has 0 aliphatic carbocycles. The van der Waals surface area contributed by atoms with E-state index in [2.05, 4.69) is 5.32 Å². The SMILES string of the molecule is OC[C@H]1NC[C@H](O)[C@@H](O)[C@@H]1OCCCCCCCCCCCCO[C@H]1O[C@H](CO)[C@@H](O)[C@H](O)[C@H]1O. The summed E-state index contributed by atoms with van der Waals surface area (Å²) in [6, 6.07) is -0.354. The molecule has 8 N–H and O–H groups in total. The minimum absolute atomic E-state index is 0.139. The zero-order chi connectivity index (χ0) is 25.6. The normalized spacial score (nSPS) is 35.9. The van der Waals surface area contributed by atoms with Crippen LogP contribution in [0, 0.1) is 0 Å². The van der Waals surface area contributed by atoms with Crippen molar-refractivity contribution in [2.45, 2.75) is 119 Å². The number of aliphatic hydroxyl groups excluding tert-OH is 7. The molecule has 9 atom stereocenters. The van der Waals surface area contributed by atoms with Crippen molar-refractivity contribution in [2.24, 2.45) is 0 Å². The van der Waals surface area contributed by atoms with Gasteiger partial charge in [0.2, 0.25) is 0 Å². The maximum absolute atomic E-state index is 10.1. The first kappa shape index (κ1) is 30.8. The van der Waals surface area contributed by atoms with Gasteiger partial charge in [-0.05, 0) is 12.8 Å². The largest absolute Gasteiger partial charge is 0.395 e. The van der Waals surface area contributed by atoms with Crippen molar-refractivity contribution in [1.29, 1.82) is 0 Å². The molecule has 2 aliphatic rings. The summed E-state index contributed by atoms with van der Waals surface area (Å²) in [6.07, 6.45) is 1.98. The Morgan fingerprint density at radius 3 is 1.71 bits per heavy atom. The number of piperidine rings is 1. The minimum atomic E-state index is -1.41. The average Bonchev–Trinajstić information content (AvgIpc) is 2.86. The van der Waals surface area contributed by atoms with Gasteiger partial charge in [-0.2, -0.15) is 0 Å². The molecule has 2 rings (SSSR count). The highest BCUT2D eigenvalue weighted by molar-refractivity contribution is 4.93. The second-order valence-corrected chi connectivity index (χ2v) is 9.69. The molecule has 0 radical (unpaired) electrons. The van der Waals surface area contributed by atoms with E-state index in [1.807, 2.05) is 0 Å². The lowest BCUT2D eigenvalue weighted by molar-refractivity contribution is -0.301. The van der Waals surface area contributed by atoms with Crippen LogP contribution < -0.4 is 5.32 Å². The van der Waals surface area contributed by atoms with Crippen LogP contribution in [0.25, 0.3) is 0 Å². The summed E-state index contributed by atoms with van der Waals surface area (Å²) >= 11 is 0. The van der Waals surface area contributed by atoms with E-state index >= 15 is 0 Å². The Labute approximate surface area is 208 Å². The molecule has 0 bridgehead atoms. The van der Waals surface area contributed by atoms with E-state index < -0.39 is 55.6 Å². The Bertz CT molecular complexity index is 540. The lowest BCUT2D eigenvalue weighted by atomic mass is 9.96. The second kappa shape index (κ2) is 17.1. The molecule has 0 aromatic heterocycles. The Morgan fingerprint density at radius 1 is 0.629 bits per heavy atom. The van der Waals surface area contributed by atoms with Crippen LogP contribution in [-0.2, 0) is 14.2 Å². The van der Waals surface area contributed by atoms with E-state index in [0.29, 0.717) is 13.2 Å². The van der Waals surface area contributed by atoms with Gasteiger partial charge in [0, 0.05) is 19.8 Å². The van der Waals surface area contributed by atoms with E-state index in [-0.39, 0.29) is 19.2 Å². The number of ether oxygens (including phenoxy) is 3. The van der Waals surface area contributed by atoms with Crippen LogP contribution in [0.3, 0.4) is 0 Å². The number of hydrogen-bond donors (Lipinski definition) is 8. The van der Waals surface area contributed by atoms with Gasteiger partial charge in [-0.3, -0.25) is 0 Å². The van der Waals surface area contributed by atoms with Gasteiger partial charge in [-0.15, -0.1) is 0 Å². The highest BCUT2D eigenvalue weighted by atomic mass is 16.7. The first-order chi connectivity index (χ1) is 16.9. The van der Waals surface area contributed by atoms with E-state index in [9.17, 15) is 35.7 Å². The zero-order valence-electron chi connectivity index (χ0n) is 20.7. The second-order valence-electron chi connectivity index (χ2n) is 9.69. The first-order valence-electron chi connectivity index (χ1n) is 13.1. The third-order valence-electron chi connectivity index (χ3n) is 6.89. The number of β-amino-alcohol motifs (C(OH)–C–C–N with tert-alkyl or cyclic N) is 1. The monoisotopic (exact) mass is 509 g/mol. The summed E-state index contributed by atoms with van der Waals surface area (Å²) in [5.41, 5.74) is 0.